The van der Waals surface area contributed by atoms with Gasteiger partial charge in [0.2, 0.25) is 0 Å². The molecule has 0 aromatic heterocycles. The number of carbonyl (C=O) groups excluding carboxylic acids is 2. The Morgan fingerprint density at radius 1 is 0.966 bits per heavy atom. The molecular weight excluding hydrogens is 364 g/mol. The fourth-order valence-corrected chi connectivity index (χ4v) is 3.55. The van der Waals surface area contributed by atoms with Crippen LogP contribution in [0, 0.1) is 13.8 Å². The summed E-state index contributed by atoms with van der Waals surface area (Å²) in [4.78, 5) is 29.9. The van der Waals surface area contributed by atoms with Gasteiger partial charge in [-0.1, -0.05) is 48.5 Å². The fourth-order valence-electron chi connectivity index (χ4n) is 3.55. The van der Waals surface area contributed by atoms with Gasteiger partial charge in [0.1, 0.15) is 5.70 Å². The van der Waals surface area contributed by atoms with Gasteiger partial charge < -0.3 is 9.64 Å². The molecule has 0 aliphatic carbocycles. The van der Waals surface area contributed by atoms with Crippen molar-refractivity contribution in [2.24, 2.45) is 0 Å². The maximum absolute atomic E-state index is 13.3. The number of benzene rings is 2. The smallest absolute Gasteiger partial charge is 0.277 e. The zero-order valence-electron chi connectivity index (χ0n) is 17.6. The van der Waals surface area contributed by atoms with Gasteiger partial charge in [0.05, 0.1) is 18.7 Å². The molecule has 1 aliphatic heterocycles. The predicted octanol–water partition coefficient (Wildman–Crippen LogP) is 3.55. The lowest BCUT2D eigenvalue weighted by Crippen LogP contribution is -2.37. The molecule has 5 nitrogen and oxygen atoms in total. The normalized spacial score (nSPS) is 14.1. The molecule has 0 fully saturated rings. The van der Waals surface area contributed by atoms with Crippen LogP contribution in [0.15, 0.2) is 54.2 Å². The van der Waals surface area contributed by atoms with Crippen molar-refractivity contribution < 1.29 is 14.3 Å². The van der Waals surface area contributed by atoms with E-state index in [4.69, 9.17) is 4.74 Å². The van der Waals surface area contributed by atoms with Gasteiger partial charge in [-0.15, -0.1) is 0 Å². The largest absolute Gasteiger partial charge is 0.383 e. The Hall–Kier alpha value is -2.92. The molecule has 29 heavy (non-hydrogen) atoms. The summed E-state index contributed by atoms with van der Waals surface area (Å²) in [6.45, 7) is 7.81. The van der Waals surface area contributed by atoms with Crippen LogP contribution in [0.5, 0.6) is 0 Å². The Balaban J connectivity index is 2.08. The summed E-state index contributed by atoms with van der Waals surface area (Å²) in [5.74, 6) is -0.505. The van der Waals surface area contributed by atoms with E-state index in [1.165, 1.54) is 4.90 Å². The first kappa shape index (κ1) is 20.8. The molecule has 2 aromatic rings. The van der Waals surface area contributed by atoms with Crippen molar-refractivity contribution in [3.05, 3.63) is 76.5 Å². The third-order valence-corrected chi connectivity index (χ3v) is 5.37. The van der Waals surface area contributed by atoms with Gasteiger partial charge in [-0.2, -0.15) is 0 Å². The van der Waals surface area contributed by atoms with E-state index < -0.39 is 0 Å². The van der Waals surface area contributed by atoms with Crippen LogP contribution < -0.4 is 0 Å². The highest BCUT2D eigenvalue weighted by atomic mass is 16.5. The fraction of sp³-hybridized carbons (Fsp3) is 0.333. The SMILES string of the molecule is CCN(Cc1ccccc1)C1=C(c2ccc(C)c(C)c2)C(=O)N(CCOC)C1=O. The first-order chi connectivity index (χ1) is 14.0. The van der Waals surface area contributed by atoms with E-state index in [-0.39, 0.29) is 18.4 Å². The average molecular weight is 392 g/mol. The summed E-state index contributed by atoms with van der Waals surface area (Å²) >= 11 is 0. The number of likely N-dealkylation sites (N-methyl/N-ethyl adjacent to an activating group) is 1. The van der Waals surface area contributed by atoms with Crippen molar-refractivity contribution in [1.82, 2.24) is 9.80 Å². The van der Waals surface area contributed by atoms with Gasteiger partial charge in [-0.3, -0.25) is 14.5 Å². The molecular formula is C24H28N2O3. The molecule has 0 bridgehead atoms. The Bertz CT molecular complexity index is 934. The lowest BCUT2D eigenvalue weighted by Gasteiger charge is -2.25. The Morgan fingerprint density at radius 3 is 2.31 bits per heavy atom. The minimum Gasteiger partial charge on any atom is -0.383 e. The number of hydrogen-bond donors (Lipinski definition) is 0. The molecule has 3 rings (SSSR count). The topological polar surface area (TPSA) is 49.9 Å². The van der Waals surface area contributed by atoms with Crippen LogP contribution in [0.4, 0.5) is 0 Å². The highest BCUT2D eigenvalue weighted by Gasteiger charge is 2.41. The van der Waals surface area contributed by atoms with Crippen molar-refractivity contribution in [2.75, 3.05) is 26.8 Å². The zero-order chi connectivity index (χ0) is 21.0. The number of ether oxygens (including phenoxy) is 1. The average Bonchev–Trinajstić information content (AvgIpc) is 2.97. The van der Waals surface area contributed by atoms with Crippen molar-refractivity contribution in [1.29, 1.82) is 0 Å². The van der Waals surface area contributed by atoms with E-state index in [2.05, 4.69) is 0 Å². The number of carbonyl (C=O) groups is 2. The molecule has 0 spiro atoms. The summed E-state index contributed by atoms with van der Waals surface area (Å²) in [7, 11) is 1.57. The van der Waals surface area contributed by atoms with Gasteiger partial charge in [-0.25, -0.2) is 0 Å². The summed E-state index contributed by atoms with van der Waals surface area (Å²) in [5, 5.41) is 0. The number of nitrogens with zero attached hydrogens (tertiary/aromatic N) is 2. The van der Waals surface area contributed by atoms with Crippen molar-refractivity contribution in [3.8, 4) is 0 Å². The number of methoxy groups -OCH3 is 1. The van der Waals surface area contributed by atoms with Gasteiger partial charge in [0.25, 0.3) is 11.8 Å². The van der Waals surface area contributed by atoms with Crippen molar-refractivity contribution in [3.63, 3.8) is 0 Å². The van der Waals surface area contributed by atoms with Crippen LogP contribution >= 0.6 is 0 Å². The number of rotatable bonds is 8. The highest BCUT2D eigenvalue weighted by Crippen LogP contribution is 2.33. The van der Waals surface area contributed by atoms with Crippen LogP contribution in [0.2, 0.25) is 0 Å². The number of imide groups is 1. The van der Waals surface area contributed by atoms with Gasteiger partial charge in [0.15, 0.2) is 0 Å². The highest BCUT2D eigenvalue weighted by molar-refractivity contribution is 6.35. The molecule has 5 heteroatoms. The molecule has 2 amide bonds. The zero-order valence-corrected chi connectivity index (χ0v) is 17.6. The van der Waals surface area contributed by atoms with Crippen LogP contribution in [0.3, 0.4) is 0 Å². The molecule has 0 unspecified atom stereocenters. The Kier molecular flexibility index (Phi) is 6.49. The summed E-state index contributed by atoms with van der Waals surface area (Å²) < 4.78 is 5.12. The van der Waals surface area contributed by atoms with Gasteiger partial charge >= 0.3 is 0 Å². The molecule has 1 heterocycles. The molecule has 0 saturated carbocycles. The second kappa shape index (κ2) is 9.05. The van der Waals surface area contributed by atoms with Crippen LogP contribution in [-0.2, 0) is 20.9 Å². The molecule has 0 radical (unpaired) electrons. The number of hydrogen-bond acceptors (Lipinski definition) is 4. The first-order valence-electron chi connectivity index (χ1n) is 9.93. The Morgan fingerprint density at radius 2 is 1.69 bits per heavy atom. The van der Waals surface area contributed by atoms with Crippen LogP contribution in [0.25, 0.3) is 5.57 Å². The van der Waals surface area contributed by atoms with Crippen LogP contribution in [-0.4, -0.2) is 48.4 Å². The molecule has 0 saturated heterocycles. The Labute approximate surface area is 172 Å². The lowest BCUT2D eigenvalue weighted by atomic mass is 9.99. The van der Waals surface area contributed by atoms with Gasteiger partial charge in [0, 0.05) is 20.2 Å². The molecule has 152 valence electrons. The predicted molar refractivity (Wildman–Crippen MR) is 114 cm³/mol. The third kappa shape index (κ3) is 4.25. The minimum absolute atomic E-state index is 0.245. The van der Waals surface area contributed by atoms with E-state index in [0.29, 0.717) is 31.0 Å². The standard InChI is InChI=1S/C24H28N2O3/c1-5-25(16-19-9-7-6-8-10-19)22-21(20-12-11-17(2)18(3)15-20)23(27)26(24(22)28)13-14-29-4/h6-12,15H,5,13-14,16H2,1-4H3. The van der Waals surface area contributed by atoms with E-state index in [1.54, 1.807) is 7.11 Å². The van der Waals surface area contributed by atoms with E-state index in [1.807, 2.05) is 74.2 Å². The lowest BCUT2D eigenvalue weighted by molar-refractivity contribution is -0.138. The molecule has 0 N–H and O–H groups in total. The quantitative estimate of drug-likeness (QED) is 0.645. The second-order valence-corrected chi connectivity index (χ2v) is 7.28. The van der Waals surface area contributed by atoms with Crippen molar-refractivity contribution >= 4 is 17.4 Å². The molecule has 0 atom stereocenters. The molecule has 2 aromatic carbocycles. The summed E-state index contributed by atoms with van der Waals surface area (Å²) in [6, 6.07) is 15.9. The summed E-state index contributed by atoms with van der Waals surface area (Å²) in [5.41, 5.74) is 5.08. The van der Waals surface area contributed by atoms with E-state index >= 15 is 0 Å². The first-order valence-corrected chi connectivity index (χ1v) is 9.93. The molecule has 1 aliphatic rings. The maximum atomic E-state index is 13.3. The van der Waals surface area contributed by atoms with Crippen LogP contribution in [0.1, 0.15) is 29.2 Å². The van der Waals surface area contributed by atoms with E-state index in [9.17, 15) is 9.59 Å². The van der Waals surface area contributed by atoms with Crippen molar-refractivity contribution in [2.45, 2.75) is 27.3 Å². The number of amides is 2. The van der Waals surface area contributed by atoms with E-state index in [0.717, 1.165) is 22.3 Å². The van der Waals surface area contributed by atoms with Gasteiger partial charge in [-0.05, 0) is 43.0 Å². The second-order valence-electron chi connectivity index (χ2n) is 7.28. The monoisotopic (exact) mass is 392 g/mol. The summed E-state index contributed by atoms with van der Waals surface area (Å²) in [6.07, 6.45) is 0. The minimum atomic E-state index is -0.253. The maximum Gasteiger partial charge on any atom is 0.277 e. The number of aryl methyl sites for hydroxylation is 2. The third-order valence-electron chi connectivity index (χ3n) is 5.37.